The SMILES string of the molecule is CC(C)c1ccccc1Nc1nc(Cl)nc2sccc12. The van der Waals surface area contributed by atoms with Crippen molar-refractivity contribution in [2.75, 3.05) is 5.32 Å². The van der Waals surface area contributed by atoms with Gasteiger partial charge < -0.3 is 5.32 Å². The Hall–Kier alpha value is -1.65. The van der Waals surface area contributed by atoms with Crippen molar-refractivity contribution in [1.29, 1.82) is 0 Å². The first-order valence-electron chi connectivity index (χ1n) is 6.42. The molecule has 102 valence electrons. The summed E-state index contributed by atoms with van der Waals surface area (Å²) < 4.78 is 0. The molecule has 3 aromatic rings. The molecule has 0 atom stereocenters. The highest BCUT2D eigenvalue weighted by atomic mass is 35.5. The van der Waals surface area contributed by atoms with Crippen LogP contribution >= 0.6 is 22.9 Å². The summed E-state index contributed by atoms with van der Waals surface area (Å²) in [5.74, 6) is 1.20. The number of rotatable bonds is 3. The van der Waals surface area contributed by atoms with Crippen molar-refractivity contribution in [2.45, 2.75) is 19.8 Å². The third-order valence-corrected chi connectivity index (χ3v) is 4.11. The minimum atomic E-state index is 0.268. The highest BCUT2D eigenvalue weighted by Crippen LogP contribution is 2.31. The largest absolute Gasteiger partial charge is 0.339 e. The number of hydrogen-bond donors (Lipinski definition) is 1. The van der Waals surface area contributed by atoms with Crippen LogP contribution in [0.3, 0.4) is 0 Å². The summed E-state index contributed by atoms with van der Waals surface area (Å²) in [5.41, 5.74) is 2.32. The van der Waals surface area contributed by atoms with Crippen LogP contribution in [0.25, 0.3) is 10.2 Å². The molecule has 0 aliphatic rings. The number of thiophene rings is 1. The van der Waals surface area contributed by atoms with Gasteiger partial charge in [0.15, 0.2) is 0 Å². The Morgan fingerprint density at radius 2 is 1.95 bits per heavy atom. The molecule has 0 aliphatic carbocycles. The molecule has 0 fully saturated rings. The van der Waals surface area contributed by atoms with Crippen molar-refractivity contribution in [3.8, 4) is 0 Å². The van der Waals surface area contributed by atoms with Gasteiger partial charge in [-0.15, -0.1) is 11.3 Å². The summed E-state index contributed by atoms with van der Waals surface area (Å²) in [7, 11) is 0. The summed E-state index contributed by atoms with van der Waals surface area (Å²) in [6.45, 7) is 4.35. The molecule has 20 heavy (non-hydrogen) atoms. The van der Waals surface area contributed by atoms with Crippen LogP contribution in [0, 0.1) is 0 Å². The number of benzene rings is 1. The zero-order valence-corrected chi connectivity index (χ0v) is 12.8. The summed E-state index contributed by atoms with van der Waals surface area (Å²) in [6.07, 6.45) is 0. The lowest BCUT2D eigenvalue weighted by Crippen LogP contribution is -2.00. The van der Waals surface area contributed by atoms with E-state index in [1.165, 1.54) is 5.56 Å². The fourth-order valence-electron chi connectivity index (χ4n) is 2.17. The Balaban J connectivity index is 2.08. The maximum Gasteiger partial charge on any atom is 0.225 e. The van der Waals surface area contributed by atoms with Gasteiger partial charge in [-0.1, -0.05) is 32.0 Å². The minimum absolute atomic E-state index is 0.268. The molecule has 3 nitrogen and oxygen atoms in total. The van der Waals surface area contributed by atoms with E-state index in [9.17, 15) is 0 Å². The normalized spacial score (nSPS) is 11.2. The van der Waals surface area contributed by atoms with Crippen LogP contribution in [0.15, 0.2) is 35.7 Å². The summed E-state index contributed by atoms with van der Waals surface area (Å²) in [4.78, 5) is 9.45. The molecule has 2 heterocycles. The second-order valence-electron chi connectivity index (χ2n) is 4.85. The number of hydrogen-bond acceptors (Lipinski definition) is 4. The van der Waals surface area contributed by atoms with E-state index in [4.69, 9.17) is 11.6 Å². The molecule has 0 unspecified atom stereocenters. The van der Waals surface area contributed by atoms with E-state index in [0.717, 1.165) is 21.7 Å². The van der Waals surface area contributed by atoms with Crippen LogP contribution in [0.2, 0.25) is 5.28 Å². The van der Waals surface area contributed by atoms with Crippen molar-refractivity contribution in [3.63, 3.8) is 0 Å². The molecule has 0 amide bonds. The van der Waals surface area contributed by atoms with E-state index in [1.807, 2.05) is 23.6 Å². The molecule has 2 aromatic heterocycles. The fourth-order valence-corrected chi connectivity index (χ4v) is 3.15. The quantitative estimate of drug-likeness (QED) is 0.675. The summed E-state index contributed by atoms with van der Waals surface area (Å²) in [6, 6.07) is 10.3. The smallest absolute Gasteiger partial charge is 0.225 e. The first-order valence-corrected chi connectivity index (χ1v) is 7.67. The van der Waals surface area contributed by atoms with Crippen LogP contribution in [-0.2, 0) is 0 Å². The van der Waals surface area contributed by atoms with Crippen LogP contribution in [0.1, 0.15) is 25.3 Å². The van der Waals surface area contributed by atoms with Gasteiger partial charge in [-0.25, -0.2) is 4.98 Å². The van der Waals surface area contributed by atoms with Crippen molar-refractivity contribution in [1.82, 2.24) is 9.97 Å². The molecular weight excluding hydrogens is 290 g/mol. The van der Waals surface area contributed by atoms with Crippen molar-refractivity contribution in [3.05, 3.63) is 46.6 Å². The lowest BCUT2D eigenvalue weighted by Gasteiger charge is -2.14. The Morgan fingerprint density at radius 3 is 2.75 bits per heavy atom. The number of aromatic nitrogens is 2. The third-order valence-electron chi connectivity index (χ3n) is 3.13. The Labute approximate surface area is 126 Å². The van der Waals surface area contributed by atoms with Crippen molar-refractivity contribution >= 4 is 44.7 Å². The van der Waals surface area contributed by atoms with Gasteiger partial charge in [0.25, 0.3) is 0 Å². The van der Waals surface area contributed by atoms with E-state index >= 15 is 0 Å². The van der Waals surface area contributed by atoms with Gasteiger partial charge in [0.05, 0.1) is 5.39 Å². The Bertz CT molecular complexity index is 752. The number of para-hydroxylation sites is 1. The maximum atomic E-state index is 5.99. The Morgan fingerprint density at radius 1 is 1.15 bits per heavy atom. The van der Waals surface area contributed by atoms with Crippen LogP contribution in [-0.4, -0.2) is 9.97 Å². The molecule has 3 rings (SSSR count). The molecule has 0 spiro atoms. The first-order chi connectivity index (χ1) is 9.65. The monoisotopic (exact) mass is 303 g/mol. The molecule has 0 saturated carbocycles. The average molecular weight is 304 g/mol. The van der Waals surface area contributed by atoms with Gasteiger partial charge in [0, 0.05) is 5.69 Å². The average Bonchev–Trinajstić information content (AvgIpc) is 2.87. The molecule has 1 N–H and O–H groups in total. The van der Waals surface area contributed by atoms with Gasteiger partial charge in [-0.05, 0) is 40.6 Å². The second kappa shape index (κ2) is 5.38. The van der Waals surface area contributed by atoms with E-state index in [-0.39, 0.29) is 5.28 Å². The first kappa shape index (κ1) is 13.3. The fraction of sp³-hybridized carbons (Fsp3) is 0.200. The van der Waals surface area contributed by atoms with Crippen molar-refractivity contribution < 1.29 is 0 Å². The van der Waals surface area contributed by atoms with E-state index < -0.39 is 0 Å². The number of nitrogens with one attached hydrogen (secondary N) is 1. The number of halogens is 1. The van der Waals surface area contributed by atoms with Crippen LogP contribution in [0.5, 0.6) is 0 Å². The maximum absolute atomic E-state index is 5.99. The van der Waals surface area contributed by atoms with Gasteiger partial charge in [0.2, 0.25) is 5.28 Å². The number of nitrogens with zero attached hydrogens (tertiary/aromatic N) is 2. The molecule has 0 aliphatic heterocycles. The van der Waals surface area contributed by atoms with Gasteiger partial charge in [-0.2, -0.15) is 4.98 Å². The number of fused-ring (bicyclic) bond motifs is 1. The third kappa shape index (κ3) is 2.49. The van der Waals surface area contributed by atoms with Gasteiger partial charge in [0.1, 0.15) is 10.6 Å². The van der Waals surface area contributed by atoms with Crippen LogP contribution in [0.4, 0.5) is 11.5 Å². The molecule has 1 aromatic carbocycles. The van der Waals surface area contributed by atoms with E-state index in [0.29, 0.717) is 5.92 Å². The van der Waals surface area contributed by atoms with Crippen LogP contribution < -0.4 is 5.32 Å². The molecule has 5 heteroatoms. The highest BCUT2D eigenvalue weighted by molar-refractivity contribution is 7.16. The van der Waals surface area contributed by atoms with E-state index in [2.05, 4.69) is 41.3 Å². The summed E-state index contributed by atoms with van der Waals surface area (Å²) in [5, 5.41) is 6.66. The zero-order valence-electron chi connectivity index (χ0n) is 11.2. The Kier molecular flexibility index (Phi) is 3.59. The van der Waals surface area contributed by atoms with Gasteiger partial charge >= 0.3 is 0 Å². The lowest BCUT2D eigenvalue weighted by molar-refractivity contribution is 0.869. The minimum Gasteiger partial charge on any atom is -0.339 e. The topological polar surface area (TPSA) is 37.8 Å². The standard InChI is InChI=1S/C15H14ClN3S/c1-9(2)10-5-3-4-6-12(10)17-13-11-7-8-20-14(11)19-15(16)18-13/h3-9H,1-2H3,(H,17,18,19). The zero-order chi connectivity index (χ0) is 14.1. The summed E-state index contributed by atoms with van der Waals surface area (Å²) >= 11 is 7.55. The molecule has 0 saturated heterocycles. The number of anilines is 2. The molecule has 0 radical (unpaired) electrons. The van der Waals surface area contributed by atoms with Gasteiger partial charge in [-0.3, -0.25) is 0 Å². The van der Waals surface area contributed by atoms with Crippen molar-refractivity contribution in [2.24, 2.45) is 0 Å². The van der Waals surface area contributed by atoms with E-state index in [1.54, 1.807) is 11.3 Å². The second-order valence-corrected chi connectivity index (χ2v) is 6.08. The predicted molar refractivity (Wildman–Crippen MR) is 86.2 cm³/mol. The molecular formula is C15H14ClN3S. The highest BCUT2D eigenvalue weighted by Gasteiger charge is 2.11. The molecule has 0 bridgehead atoms. The predicted octanol–water partition coefficient (Wildman–Crippen LogP) is 5.21. The lowest BCUT2D eigenvalue weighted by atomic mass is 10.0.